The molecule has 0 fully saturated rings. The molecular formula is C11H15F2N. The average molecular weight is 199 g/mol. The Labute approximate surface area is 82.9 Å². The van der Waals surface area contributed by atoms with E-state index < -0.39 is 6.43 Å². The Morgan fingerprint density at radius 3 is 2.50 bits per heavy atom. The quantitative estimate of drug-likeness (QED) is 0.792. The Morgan fingerprint density at radius 2 is 1.93 bits per heavy atom. The highest BCUT2D eigenvalue weighted by molar-refractivity contribution is 5.30. The predicted molar refractivity (Wildman–Crippen MR) is 53.6 cm³/mol. The van der Waals surface area contributed by atoms with Crippen LogP contribution in [0.5, 0.6) is 0 Å². The number of benzene rings is 1. The van der Waals surface area contributed by atoms with Crippen molar-refractivity contribution in [2.24, 2.45) is 5.73 Å². The van der Waals surface area contributed by atoms with Crippen molar-refractivity contribution in [3.63, 3.8) is 0 Å². The van der Waals surface area contributed by atoms with Gasteiger partial charge in [-0.25, -0.2) is 8.78 Å². The molecule has 1 atom stereocenters. The van der Waals surface area contributed by atoms with E-state index in [0.29, 0.717) is 12.1 Å². The molecule has 0 bridgehead atoms. The molecule has 0 saturated heterocycles. The van der Waals surface area contributed by atoms with Crippen LogP contribution in [0.15, 0.2) is 24.3 Å². The van der Waals surface area contributed by atoms with E-state index in [0.717, 1.165) is 5.56 Å². The van der Waals surface area contributed by atoms with Gasteiger partial charge in [0.1, 0.15) is 0 Å². The van der Waals surface area contributed by atoms with E-state index in [-0.39, 0.29) is 12.3 Å². The molecule has 1 aromatic rings. The standard InChI is InChI=1S/C11H15F2N/c1-8(7-14)10-5-3-2-4-9(10)6-11(12)13/h2-5,8,11H,6-7,14H2,1H3. The second-order valence-electron chi connectivity index (χ2n) is 3.43. The summed E-state index contributed by atoms with van der Waals surface area (Å²) >= 11 is 0. The Morgan fingerprint density at radius 1 is 1.29 bits per heavy atom. The van der Waals surface area contributed by atoms with Gasteiger partial charge in [0.25, 0.3) is 0 Å². The van der Waals surface area contributed by atoms with Crippen LogP contribution in [-0.4, -0.2) is 13.0 Å². The van der Waals surface area contributed by atoms with Crippen LogP contribution in [0.25, 0.3) is 0 Å². The predicted octanol–water partition coefficient (Wildman–Crippen LogP) is 2.56. The third-order valence-corrected chi connectivity index (χ3v) is 2.31. The fourth-order valence-electron chi connectivity index (χ4n) is 1.49. The summed E-state index contributed by atoms with van der Waals surface area (Å²) in [6.07, 6.45) is -2.47. The maximum atomic E-state index is 12.2. The fraction of sp³-hybridized carbons (Fsp3) is 0.455. The first kappa shape index (κ1) is 11.1. The molecule has 0 aliphatic heterocycles. The zero-order valence-electron chi connectivity index (χ0n) is 8.21. The first-order chi connectivity index (χ1) is 6.65. The van der Waals surface area contributed by atoms with Crippen molar-refractivity contribution in [2.45, 2.75) is 25.7 Å². The van der Waals surface area contributed by atoms with Gasteiger partial charge in [-0.3, -0.25) is 0 Å². The van der Waals surface area contributed by atoms with Crippen molar-refractivity contribution >= 4 is 0 Å². The van der Waals surface area contributed by atoms with Crippen molar-refractivity contribution in [2.75, 3.05) is 6.54 Å². The van der Waals surface area contributed by atoms with Crippen LogP contribution in [-0.2, 0) is 6.42 Å². The van der Waals surface area contributed by atoms with Gasteiger partial charge in [0, 0.05) is 6.42 Å². The lowest BCUT2D eigenvalue weighted by Crippen LogP contribution is -2.12. The van der Waals surface area contributed by atoms with Crippen LogP contribution in [0.3, 0.4) is 0 Å². The fourth-order valence-corrected chi connectivity index (χ4v) is 1.49. The summed E-state index contributed by atoms with van der Waals surface area (Å²) in [5.74, 6) is 0.143. The first-order valence-corrected chi connectivity index (χ1v) is 4.71. The molecule has 14 heavy (non-hydrogen) atoms. The summed E-state index contributed by atoms with van der Waals surface area (Å²) in [6.45, 7) is 2.44. The van der Waals surface area contributed by atoms with E-state index in [9.17, 15) is 8.78 Å². The maximum Gasteiger partial charge on any atom is 0.242 e. The van der Waals surface area contributed by atoms with E-state index in [1.165, 1.54) is 0 Å². The molecule has 1 rings (SSSR count). The third kappa shape index (κ3) is 2.77. The van der Waals surface area contributed by atoms with E-state index in [1.54, 1.807) is 12.1 Å². The number of rotatable bonds is 4. The van der Waals surface area contributed by atoms with Gasteiger partial charge in [0.2, 0.25) is 6.43 Å². The van der Waals surface area contributed by atoms with Crippen LogP contribution in [0, 0.1) is 0 Å². The van der Waals surface area contributed by atoms with E-state index in [4.69, 9.17) is 5.73 Å². The van der Waals surface area contributed by atoms with Gasteiger partial charge in [-0.2, -0.15) is 0 Å². The molecule has 0 heterocycles. The molecule has 2 N–H and O–H groups in total. The minimum absolute atomic E-state index is 0.143. The van der Waals surface area contributed by atoms with Crippen LogP contribution in [0.1, 0.15) is 24.0 Å². The molecule has 0 aliphatic carbocycles. The van der Waals surface area contributed by atoms with Gasteiger partial charge in [-0.1, -0.05) is 31.2 Å². The molecule has 0 aliphatic rings. The summed E-state index contributed by atoms with van der Waals surface area (Å²) in [5, 5.41) is 0. The number of alkyl halides is 2. The van der Waals surface area contributed by atoms with Gasteiger partial charge >= 0.3 is 0 Å². The molecule has 0 saturated carbocycles. The molecule has 0 amide bonds. The van der Waals surface area contributed by atoms with Crippen molar-refractivity contribution in [1.29, 1.82) is 0 Å². The van der Waals surface area contributed by atoms with Crippen LogP contribution in [0.2, 0.25) is 0 Å². The molecule has 78 valence electrons. The topological polar surface area (TPSA) is 26.0 Å². The SMILES string of the molecule is CC(CN)c1ccccc1CC(F)F. The number of halogens is 2. The molecule has 0 spiro atoms. The summed E-state index contributed by atoms with van der Waals surface area (Å²) in [6, 6.07) is 7.25. The molecular weight excluding hydrogens is 184 g/mol. The first-order valence-electron chi connectivity index (χ1n) is 4.71. The number of hydrogen-bond acceptors (Lipinski definition) is 1. The van der Waals surface area contributed by atoms with Crippen LogP contribution < -0.4 is 5.73 Å². The lowest BCUT2D eigenvalue weighted by molar-refractivity contribution is 0.148. The molecule has 0 aromatic heterocycles. The van der Waals surface area contributed by atoms with Gasteiger partial charge in [-0.15, -0.1) is 0 Å². The van der Waals surface area contributed by atoms with Gasteiger partial charge < -0.3 is 5.73 Å². The van der Waals surface area contributed by atoms with Crippen molar-refractivity contribution in [1.82, 2.24) is 0 Å². The zero-order chi connectivity index (χ0) is 10.6. The minimum Gasteiger partial charge on any atom is -0.330 e. The van der Waals surface area contributed by atoms with E-state index >= 15 is 0 Å². The highest BCUT2D eigenvalue weighted by Crippen LogP contribution is 2.20. The Balaban J connectivity index is 2.91. The largest absolute Gasteiger partial charge is 0.330 e. The van der Waals surface area contributed by atoms with Crippen LogP contribution >= 0.6 is 0 Å². The highest BCUT2D eigenvalue weighted by atomic mass is 19.3. The number of nitrogens with two attached hydrogens (primary N) is 1. The normalized spacial score (nSPS) is 13.2. The molecule has 1 aromatic carbocycles. The number of hydrogen-bond donors (Lipinski definition) is 1. The zero-order valence-corrected chi connectivity index (χ0v) is 8.21. The van der Waals surface area contributed by atoms with Gasteiger partial charge in [0.15, 0.2) is 0 Å². The summed E-state index contributed by atoms with van der Waals surface area (Å²) < 4.78 is 24.5. The van der Waals surface area contributed by atoms with Crippen molar-refractivity contribution < 1.29 is 8.78 Å². The van der Waals surface area contributed by atoms with Crippen molar-refractivity contribution in [3.8, 4) is 0 Å². The van der Waals surface area contributed by atoms with E-state index in [1.807, 2.05) is 19.1 Å². The van der Waals surface area contributed by atoms with Gasteiger partial charge in [-0.05, 0) is 23.6 Å². The molecule has 0 radical (unpaired) electrons. The summed E-state index contributed by atoms with van der Waals surface area (Å²) in [4.78, 5) is 0. The lowest BCUT2D eigenvalue weighted by Gasteiger charge is -2.14. The molecule has 3 heteroatoms. The highest BCUT2D eigenvalue weighted by Gasteiger charge is 2.12. The summed E-state index contributed by atoms with van der Waals surface area (Å²) in [5.41, 5.74) is 7.17. The Kier molecular flexibility index (Phi) is 4.01. The minimum atomic E-state index is -2.29. The third-order valence-electron chi connectivity index (χ3n) is 2.31. The second kappa shape index (κ2) is 5.05. The summed E-state index contributed by atoms with van der Waals surface area (Å²) in [7, 11) is 0. The van der Waals surface area contributed by atoms with Crippen LogP contribution in [0.4, 0.5) is 8.78 Å². The van der Waals surface area contributed by atoms with E-state index in [2.05, 4.69) is 0 Å². The average Bonchev–Trinajstić information content (AvgIpc) is 2.16. The Bertz CT molecular complexity index is 286. The Hall–Kier alpha value is -0.960. The second-order valence-corrected chi connectivity index (χ2v) is 3.43. The molecule has 1 nitrogen and oxygen atoms in total. The smallest absolute Gasteiger partial charge is 0.242 e. The maximum absolute atomic E-state index is 12.2. The monoisotopic (exact) mass is 199 g/mol. The van der Waals surface area contributed by atoms with Crippen molar-refractivity contribution in [3.05, 3.63) is 35.4 Å². The van der Waals surface area contributed by atoms with Gasteiger partial charge in [0.05, 0.1) is 0 Å². The molecule has 1 unspecified atom stereocenters. The lowest BCUT2D eigenvalue weighted by atomic mass is 9.94.